The Bertz CT molecular complexity index is 1360. The van der Waals surface area contributed by atoms with Gasteiger partial charge in [-0.15, -0.1) is 0 Å². The Morgan fingerprint density at radius 3 is 2.22 bits per heavy atom. The molecule has 2 radical (unpaired) electrons. The fourth-order valence-corrected chi connectivity index (χ4v) is 4.32. The number of para-hydroxylation sites is 1. The number of nitrogens with zero attached hydrogens (tertiary/aromatic N) is 1. The summed E-state index contributed by atoms with van der Waals surface area (Å²) in [6.07, 6.45) is 1.34. The number of benzene rings is 2. The van der Waals surface area contributed by atoms with E-state index in [0.717, 1.165) is 5.39 Å². The van der Waals surface area contributed by atoms with Gasteiger partial charge in [-0.05, 0) is 86.3 Å². The van der Waals surface area contributed by atoms with Gasteiger partial charge in [0.1, 0.15) is 5.60 Å². The first-order valence-corrected chi connectivity index (χ1v) is 13.2. The second-order valence-electron chi connectivity index (χ2n) is 11.6. The molecular formula is C28H37BN2O5Si. The quantitative estimate of drug-likeness (QED) is 0.315. The van der Waals surface area contributed by atoms with Gasteiger partial charge >= 0.3 is 13.2 Å². The molecule has 3 N–H and O–H groups in total. The highest BCUT2D eigenvalue weighted by Gasteiger charge is 2.27. The van der Waals surface area contributed by atoms with Gasteiger partial charge in [0.05, 0.1) is 16.7 Å². The minimum Gasteiger partial charge on any atom is -0.443 e. The van der Waals surface area contributed by atoms with Gasteiger partial charge in [-0.25, -0.2) is 4.79 Å². The van der Waals surface area contributed by atoms with E-state index in [1.165, 1.54) is 21.0 Å². The number of hydrogen-bond acceptors (Lipinski definition) is 5. The number of rotatable bonds is 4. The molecule has 0 aliphatic rings. The van der Waals surface area contributed by atoms with Crippen LogP contribution >= 0.6 is 0 Å². The Hall–Kier alpha value is -2.85. The highest BCUT2D eigenvalue weighted by Crippen LogP contribution is 2.31. The van der Waals surface area contributed by atoms with Gasteiger partial charge in [0, 0.05) is 11.7 Å². The second kappa shape index (κ2) is 10.9. The third kappa shape index (κ3) is 7.58. The molecule has 0 spiro atoms. The van der Waals surface area contributed by atoms with E-state index in [-0.39, 0.29) is 16.2 Å². The number of hydrogen-bond donors (Lipinski definition) is 3. The summed E-state index contributed by atoms with van der Waals surface area (Å²) in [5, 5.41) is 21.0. The fourth-order valence-electron chi connectivity index (χ4n) is 3.64. The molecule has 2 aromatic heterocycles. The summed E-state index contributed by atoms with van der Waals surface area (Å²) in [4.78, 5) is 15.4. The number of ether oxygens (including phenoxy) is 1. The number of fused-ring (bicyclic) bond motifs is 2. The molecule has 196 valence electrons. The summed E-state index contributed by atoms with van der Waals surface area (Å²) in [5.41, 5.74) is 2.19. The van der Waals surface area contributed by atoms with Gasteiger partial charge in [0.2, 0.25) is 9.76 Å². The van der Waals surface area contributed by atoms with Crippen molar-refractivity contribution >= 4 is 50.4 Å². The lowest BCUT2D eigenvalue weighted by molar-refractivity contribution is 0.0547. The van der Waals surface area contributed by atoms with Crippen LogP contribution in [-0.4, -0.2) is 48.2 Å². The monoisotopic (exact) mass is 520 g/mol. The maximum atomic E-state index is 12.2. The Morgan fingerprint density at radius 1 is 0.919 bits per heavy atom. The van der Waals surface area contributed by atoms with E-state index < -0.39 is 18.8 Å². The molecule has 0 saturated carbocycles. The Kier molecular flexibility index (Phi) is 8.44. The van der Waals surface area contributed by atoms with Gasteiger partial charge in [0.25, 0.3) is 0 Å². The van der Waals surface area contributed by atoms with Crippen LogP contribution < -0.4 is 5.59 Å². The van der Waals surface area contributed by atoms with Crippen molar-refractivity contribution in [2.45, 2.75) is 71.6 Å². The topological polar surface area (TPSA) is 96.7 Å². The van der Waals surface area contributed by atoms with Crippen molar-refractivity contribution in [3.05, 3.63) is 66.4 Å². The van der Waals surface area contributed by atoms with Crippen LogP contribution in [0.2, 0.25) is 5.04 Å². The first-order valence-electron chi connectivity index (χ1n) is 12.3. The molecule has 0 saturated heterocycles. The maximum Gasteiger partial charge on any atom is 0.506 e. The van der Waals surface area contributed by atoms with Crippen molar-refractivity contribution < 1.29 is 24.0 Å². The van der Waals surface area contributed by atoms with Crippen molar-refractivity contribution in [2.75, 3.05) is 0 Å². The van der Waals surface area contributed by atoms with Crippen LogP contribution in [0.3, 0.4) is 0 Å². The molecule has 0 aliphatic carbocycles. The minimum absolute atomic E-state index is 0.0930. The molecule has 37 heavy (non-hydrogen) atoms. The summed E-state index contributed by atoms with van der Waals surface area (Å²) < 4.78 is 12.6. The first kappa shape index (κ1) is 28.7. The predicted octanol–water partition coefficient (Wildman–Crippen LogP) is 5.36. The standard InChI is InChI=1S/C15H21NOSi.C13H16BNO4/c1-14(2,3)18-17-15(4,5)12-6-7-13-11(10-12)8-9-16-13;1-13(2,3)19-12(16)15-10-7-5-4-6-9(10)8-11(15)14(17)18/h6-10,16H,1-5H3;4-8,17-18H,1-3H3. The smallest absolute Gasteiger partial charge is 0.443 e. The lowest BCUT2D eigenvalue weighted by Gasteiger charge is -2.29. The van der Waals surface area contributed by atoms with Crippen molar-refractivity contribution in [3.8, 4) is 0 Å². The zero-order valence-corrected chi connectivity index (χ0v) is 23.9. The molecule has 9 heteroatoms. The highest BCUT2D eigenvalue weighted by molar-refractivity contribution is 6.59. The molecule has 0 unspecified atom stereocenters. The molecule has 0 amide bonds. The third-order valence-electron chi connectivity index (χ3n) is 5.44. The molecule has 7 nitrogen and oxygen atoms in total. The molecule has 0 atom stereocenters. The highest BCUT2D eigenvalue weighted by atomic mass is 28.2. The summed E-state index contributed by atoms with van der Waals surface area (Å²) in [6.45, 7) is 16.2. The minimum atomic E-state index is -1.74. The summed E-state index contributed by atoms with van der Waals surface area (Å²) in [5.74, 6) is 0. The van der Waals surface area contributed by atoms with Crippen LogP contribution in [0.1, 0.15) is 61.0 Å². The molecule has 0 bridgehead atoms. The van der Waals surface area contributed by atoms with Crippen LogP contribution in [0.5, 0.6) is 0 Å². The van der Waals surface area contributed by atoms with Crippen LogP contribution in [0.15, 0.2) is 60.8 Å². The van der Waals surface area contributed by atoms with E-state index >= 15 is 0 Å². The molecule has 4 rings (SSSR count). The van der Waals surface area contributed by atoms with E-state index in [2.05, 4.69) is 63.9 Å². The number of H-pyrrole nitrogens is 1. The van der Waals surface area contributed by atoms with Crippen LogP contribution in [-0.2, 0) is 14.8 Å². The van der Waals surface area contributed by atoms with E-state index in [0.29, 0.717) is 15.3 Å². The Balaban J connectivity index is 0.000000206. The van der Waals surface area contributed by atoms with Crippen molar-refractivity contribution in [2.24, 2.45) is 0 Å². The molecule has 4 aromatic rings. The lowest BCUT2D eigenvalue weighted by Crippen LogP contribution is -2.40. The van der Waals surface area contributed by atoms with Crippen LogP contribution in [0.25, 0.3) is 21.8 Å². The number of carbonyl (C=O) groups excluding carboxylic acids is 1. The molecule has 2 heterocycles. The van der Waals surface area contributed by atoms with Crippen molar-refractivity contribution in [3.63, 3.8) is 0 Å². The molecule has 0 fully saturated rings. The largest absolute Gasteiger partial charge is 0.506 e. The van der Waals surface area contributed by atoms with Gasteiger partial charge in [-0.2, -0.15) is 0 Å². The third-order valence-corrected chi connectivity index (χ3v) is 6.67. The van der Waals surface area contributed by atoms with Gasteiger partial charge in [0.15, 0.2) is 0 Å². The average Bonchev–Trinajstić information content (AvgIpc) is 3.41. The van der Waals surface area contributed by atoms with E-state index in [4.69, 9.17) is 9.16 Å². The number of carbonyl (C=O) groups is 1. The Morgan fingerprint density at radius 2 is 1.59 bits per heavy atom. The van der Waals surface area contributed by atoms with Gasteiger partial charge in [-0.1, -0.05) is 45.0 Å². The maximum absolute atomic E-state index is 12.2. The molecule has 0 aliphatic heterocycles. The summed E-state index contributed by atoms with van der Waals surface area (Å²) >= 11 is 0. The zero-order chi connectivity index (χ0) is 27.6. The van der Waals surface area contributed by atoms with E-state index in [1.807, 2.05) is 12.3 Å². The first-order chi connectivity index (χ1) is 17.1. The van der Waals surface area contributed by atoms with Crippen molar-refractivity contribution in [1.29, 1.82) is 0 Å². The number of nitrogens with one attached hydrogen (secondary N) is 1. The number of aromatic nitrogens is 2. The van der Waals surface area contributed by atoms with Gasteiger partial charge < -0.3 is 24.2 Å². The molecule has 2 aromatic carbocycles. The number of aromatic amines is 1. The summed E-state index contributed by atoms with van der Waals surface area (Å²) in [6, 6.07) is 17.2. The second-order valence-corrected chi connectivity index (χ2v) is 13.5. The van der Waals surface area contributed by atoms with E-state index in [9.17, 15) is 14.8 Å². The normalized spacial score (nSPS) is 12.4. The fraction of sp³-hybridized carbons (Fsp3) is 0.393. The zero-order valence-electron chi connectivity index (χ0n) is 22.9. The Labute approximate surface area is 221 Å². The van der Waals surface area contributed by atoms with Crippen molar-refractivity contribution in [1.82, 2.24) is 9.55 Å². The summed E-state index contributed by atoms with van der Waals surface area (Å²) in [7, 11) is -1.24. The SMILES string of the molecule is CC(C)(C)OC(=O)n1c(B(O)O)cc2ccccc21.CC(C)(C)[Si]OC(C)(C)c1ccc2[nH]ccc2c1. The predicted molar refractivity (Wildman–Crippen MR) is 151 cm³/mol. The van der Waals surface area contributed by atoms with Gasteiger partial charge in [-0.3, -0.25) is 4.57 Å². The van der Waals surface area contributed by atoms with Crippen LogP contribution in [0, 0.1) is 0 Å². The van der Waals surface area contributed by atoms with E-state index in [1.54, 1.807) is 45.0 Å². The molecular weight excluding hydrogens is 483 g/mol. The average molecular weight is 521 g/mol. The van der Waals surface area contributed by atoms with Crippen LogP contribution in [0.4, 0.5) is 4.79 Å². The lowest BCUT2D eigenvalue weighted by atomic mass is 9.86.